The van der Waals surface area contributed by atoms with Crippen LogP contribution in [0, 0.1) is 11.8 Å². The molecule has 2 atom stereocenters. The molecular weight excluding hydrogens is 304 g/mol. The summed E-state index contributed by atoms with van der Waals surface area (Å²) in [4.78, 5) is 2.96. The minimum absolute atomic E-state index is 0.776. The zero-order chi connectivity index (χ0) is 15.0. The van der Waals surface area contributed by atoms with Gasteiger partial charge in [0.25, 0.3) is 0 Å². The van der Waals surface area contributed by atoms with Crippen molar-refractivity contribution in [1.29, 1.82) is 0 Å². The van der Waals surface area contributed by atoms with Crippen molar-refractivity contribution >= 4 is 23.5 Å². The lowest BCUT2D eigenvalue weighted by Gasteiger charge is -2.18. The molecule has 2 unspecified atom stereocenters. The zero-order valence-corrected chi connectivity index (χ0v) is 14.9. The maximum Gasteiger partial charge on any atom is 0.0208 e. The fraction of sp³-hybridized carbons (Fsp3) is 0.500. The molecule has 2 heteroatoms. The van der Waals surface area contributed by atoms with Crippen LogP contribution >= 0.6 is 23.5 Å². The van der Waals surface area contributed by atoms with Gasteiger partial charge in [-0.3, -0.25) is 0 Å². The van der Waals surface area contributed by atoms with Crippen molar-refractivity contribution in [3.8, 4) is 0 Å². The van der Waals surface area contributed by atoms with E-state index in [4.69, 9.17) is 0 Å². The van der Waals surface area contributed by atoms with Crippen molar-refractivity contribution in [3.05, 3.63) is 48.6 Å². The molecule has 0 saturated carbocycles. The molecule has 0 nitrogen and oxygen atoms in total. The molecule has 0 fully saturated rings. The Morgan fingerprint density at radius 3 is 1.68 bits per heavy atom. The summed E-state index contributed by atoms with van der Waals surface area (Å²) in [6.07, 6.45) is 17.6. The molecule has 0 N–H and O–H groups in total. The molecule has 0 radical (unpaired) electrons. The van der Waals surface area contributed by atoms with Gasteiger partial charge in [-0.2, -0.15) is 0 Å². The predicted molar refractivity (Wildman–Crippen MR) is 101 cm³/mol. The summed E-state index contributed by atoms with van der Waals surface area (Å²) in [5, 5.41) is 0. The van der Waals surface area contributed by atoms with Gasteiger partial charge in [0.15, 0.2) is 0 Å². The Hall–Kier alpha value is -0.600. The molecule has 22 heavy (non-hydrogen) atoms. The summed E-state index contributed by atoms with van der Waals surface area (Å²) >= 11 is 4.10. The molecule has 0 bridgehead atoms. The Morgan fingerprint density at radius 1 is 0.773 bits per heavy atom. The smallest absolute Gasteiger partial charge is 0.0208 e. The first-order chi connectivity index (χ1) is 10.9. The van der Waals surface area contributed by atoms with E-state index in [0.29, 0.717) is 0 Å². The topological polar surface area (TPSA) is 0 Å². The maximum atomic E-state index is 2.43. The number of allylic oxidation sites excluding steroid dienone is 4. The molecule has 2 aliphatic rings. The molecule has 0 amide bonds. The van der Waals surface area contributed by atoms with Crippen LogP contribution in [0.1, 0.15) is 38.5 Å². The van der Waals surface area contributed by atoms with Gasteiger partial charge in [-0.05, 0) is 62.5 Å². The SMILES string of the molecule is C1=CC(CSc2ccccc2SCC2C=CCCC2)CCC1. The van der Waals surface area contributed by atoms with Gasteiger partial charge in [0, 0.05) is 21.3 Å². The number of hydrogen-bond acceptors (Lipinski definition) is 2. The van der Waals surface area contributed by atoms with E-state index in [1.807, 2.05) is 0 Å². The van der Waals surface area contributed by atoms with Gasteiger partial charge in [0.1, 0.15) is 0 Å². The van der Waals surface area contributed by atoms with Crippen molar-refractivity contribution in [1.82, 2.24) is 0 Å². The third-order valence-electron chi connectivity index (χ3n) is 4.46. The minimum Gasteiger partial charge on any atom is -0.124 e. The van der Waals surface area contributed by atoms with Crippen LogP contribution < -0.4 is 0 Å². The second kappa shape index (κ2) is 8.88. The van der Waals surface area contributed by atoms with Gasteiger partial charge in [0.2, 0.25) is 0 Å². The summed E-state index contributed by atoms with van der Waals surface area (Å²) < 4.78 is 0. The maximum absolute atomic E-state index is 2.43. The van der Waals surface area contributed by atoms with Crippen LogP contribution in [-0.2, 0) is 0 Å². The predicted octanol–water partition coefficient (Wildman–Crippen LogP) is 6.58. The largest absolute Gasteiger partial charge is 0.124 e. The minimum atomic E-state index is 0.776. The van der Waals surface area contributed by atoms with E-state index in [0.717, 1.165) is 11.8 Å². The zero-order valence-electron chi connectivity index (χ0n) is 13.2. The van der Waals surface area contributed by atoms with Crippen LogP contribution in [0.5, 0.6) is 0 Å². The first-order valence-corrected chi connectivity index (χ1v) is 10.6. The molecule has 118 valence electrons. The highest BCUT2D eigenvalue weighted by Gasteiger charge is 2.13. The van der Waals surface area contributed by atoms with E-state index in [2.05, 4.69) is 72.1 Å². The number of benzene rings is 1. The Bertz CT molecular complexity index is 471. The molecule has 0 aromatic heterocycles. The van der Waals surface area contributed by atoms with Gasteiger partial charge in [-0.1, -0.05) is 36.4 Å². The summed E-state index contributed by atoms with van der Waals surface area (Å²) in [5.41, 5.74) is 0. The molecule has 0 heterocycles. The quantitative estimate of drug-likeness (QED) is 0.426. The molecule has 0 aliphatic heterocycles. The van der Waals surface area contributed by atoms with E-state index in [-0.39, 0.29) is 0 Å². The van der Waals surface area contributed by atoms with E-state index in [9.17, 15) is 0 Å². The van der Waals surface area contributed by atoms with Crippen LogP contribution in [-0.4, -0.2) is 11.5 Å². The summed E-state index contributed by atoms with van der Waals surface area (Å²) in [6, 6.07) is 8.97. The summed E-state index contributed by atoms with van der Waals surface area (Å²) in [5.74, 6) is 4.02. The van der Waals surface area contributed by atoms with Gasteiger partial charge < -0.3 is 0 Å². The van der Waals surface area contributed by atoms with Crippen LogP contribution in [0.15, 0.2) is 58.4 Å². The van der Waals surface area contributed by atoms with Gasteiger partial charge in [-0.15, -0.1) is 23.5 Å². The average Bonchev–Trinajstić information content (AvgIpc) is 2.61. The average molecular weight is 331 g/mol. The van der Waals surface area contributed by atoms with Crippen LogP contribution in [0.4, 0.5) is 0 Å². The number of rotatable bonds is 6. The van der Waals surface area contributed by atoms with E-state index in [1.54, 1.807) is 0 Å². The van der Waals surface area contributed by atoms with Crippen molar-refractivity contribution in [2.45, 2.75) is 48.3 Å². The third-order valence-corrected chi connectivity index (χ3v) is 7.12. The third kappa shape index (κ3) is 4.96. The number of thioether (sulfide) groups is 2. The van der Waals surface area contributed by atoms with Gasteiger partial charge in [0.05, 0.1) is 0 Å². The molecule has 1 aromatic carbocycles. The highest BCUT2D eigenvalue weighted by molar-refractivity contribution is 8.02. The van der Waals surface area contributed by atoms with E-state index >= 15 is 0 Å². The van der Waals surface area contributed by atoms with E-state index in [1.165, 1.54) is 59.8 Å². The van der Waals surface area contributed by atoms with Crippen molar-refractivity contribution < 1.29 is 0 Å². The molecule has 2 aliphatic carbocycles. The fourth-order valence-electron chi connectivity index (χ4n) is 3.13. The Labute approximate surface area is 143 Å². The van der Waals surface area contributed by atoms with Crippen LogP contribution in [0.25, 0.3) is 0 Å². The van der Waals surface area contributed by atoms with Gasteiger partial charge in [-0.25, -0.2) is 0 Å². The first-order valence-electron chi connectivity index (χ1n) is 8.60. The van der Waals surface area contributed by atoms with E-state index < -0.39 is 0 Å². The monoisotopic (exact) mass is 330 g/mol. The lowest BCUT2D eigenvalue weighted by atomic mass is 9.98. The molecule has 3 rings (SSSR count). The van der Waals surface area contributed by atoms with Crippen LogP contribution in [0.3, 0.4) is 0 Å². The van der Waals surface area contributed by atoms with Crippen molar-refractivity contribution in [2.75, 3.05) is 11.5 Å². The Kier molecular flexibility index (Phi) is 6.57. The van der Waals surface area contributed by atoms with Gasteiger partial charge >= 0.3 is 0 Å². The van der Waals surface area contributed by atoms with Crippen molar-refractivity contribution in [2.24, 2.45) is 11.8 Å². The summed E-state index contributed by atoms with van der Waals surface area (Å²) in [7, 11) is 0. The second-order valence-electron chi connectivity index (χ2n) is 6.31. The first kappa shape index (κ1) is 16.3. The van der Waals surface area contributed by atoms with Crippen molar-refractivity contribution in [3.63, 3.8) is 0 Å². The second-order valence-corrected chi connectivity index (χ2v) is 8.43. The molecule has 0 spiro atoms. The van der Waals surface area contributed by atoms with Crippen LogP contribution in [0.2, 0.25) is 0 Å². The lowest BCUT2D eigenvalue weighted by molar-refractivity contribution is 0.591. The molecule has 0 saturated heterocycles. The molecular formula is C20H26S2. The Balaban J connectivity index is 1.54. The normalized spacial score (nSPS) is 24.5. The lowest BCUT2D eigenvalue weighted by Crippen LogP contribution is -2.04. The summed E-state index contributed by atoms with van der Waals surface area (Å²) in [6.45, 7) is 0. The highest BCUT2D eigenvalue weighted by atomic mass is 32.2. The Morgan fingerprint density at radius 2 is 1.27 bits per heavy atom. The highest BCUT2D eigenvalue weighted by Crippen LogP contribution is 2.35. The number of hydrogen-bond donors (Lipinski definition) is 0. The molecule has 1 aromatic rings. The fourth-order valence-corrected chi connectivity index (χ4v) is 5.59. The standard InChI is InChI=1S/C20H26S2/c1-3-9-17(10-4-1)15-21-19-13-7-8-14-20(19)22-16-18-11-5-2-6-12-18/h3,5,7-9,11,13-14,17-18H,1-2,4,6,10,12,15-16H2.